The van der Waals surface area contributed by atoms with Gasteiger partial charge in [-0.25, -0.2) is 0 Å². The Bertz CT molecular complexity index is 3.25. The molecule has 3 radical (unpaired) electrons. The van der Waals surface area contributed by atoms with Crippen LogP contribution in [0.25, 0.3) is 0 Å². The largest absolute Gasteiger partial charge is 0 e. The first kappa shape index (κ1) is 33.5. The monoisotopic (exact) mass is 295 g/mol. The molecule has 0 aromatic carbocycles. The van der Waals surface area contributed by atoms with Gasteiger partial charge in [0.1, 0.15) is 0 Å². The summed E-state index contributed by atoms with van der Waals surface area (Å²) in [5, 5.41) is 0. The van der Waals surface area contributed by atoms with Crippen LogP contribution in [-0.2, 0) is 49.5 Å². The van der Waals surface area contributed by atoms with Crippen LogP contribution in [0.3, 0.4) is 0 Å². The molecule has 35 valence electrons. The Hall–Kier alpha value is 2.30. The molecule has 0 aliphatic rings. The van der Waals surface area contributed by atoms with Crippen LogP contribution in [-0.4, -0.2) is 24.4 Å². The smallest absolute Gasteiger partial charge is 0 e. The number of rotatable bonds is 0. The maximum Gasteiger partial charge on any atom is 0 e. The van der Waals surface area contributed by atoms with Gasteiger partial charge in [0.2, 0.25) is 0 Å². The second kappa shape index (κ2) is 18.5. The first-order valence-corrected chi connectivity index (χ1v) is 0. The van der Waals surface area contributed by atoms with Gasteiger partial charge in [0, 0.05) is 73.9 Å². The van der Waals surface area contributed by atoms with Gasteiger partial charge in [-0.3, -0.25) is 0 Å². The summed E-state index contributed by atoms with van der Waals surface area (Å²) >= 11 is 0. The molecule has 0 saturated heterocycles. The zero-order valence-electron chi connectivity index (χ0n) is 1.40. The Morgan fingerprint density at radius 1 is 0.500 bits per heavy atom. The topological polar surface area (TPSA) is 0 Å². The zero-order chi connectivity index (χ0) is 0. The van der Waals surface area contributed by atoms with Crippen LogP contribution in [0, 0.1) is 0 Å². The molecule has 0 aliphatic heterocycles. The van der Waals surface area contributed by atoms with Crippen molar-refractivity contribution < 1.29 is 49.5 Å². The van der Waals surface area contributed by atoms with Crippen molar-refractivity contribution in [2.45, 2.75) is 0 Å². The van der Waals surface area contributed by atoms with E-state index < -0.39 is 0 Å². The average molecular weight is 298 g/mol. The molecule has 0 amide bonds. The molecule has 0 atom stereocenters. The van der Waals surface area contributed by atoms with E-state index in [0.29, 0.717) is 0 Å². The molecule has 4 heteroatoms. The molecular weight excluding hydrogens is 298 g/mol. The van der Waals surface area contributed by atoms with E-state index in [4.69, 9.17) is 0 Å². The van der Waals surface area contributed by atoms with Gasteiger partial charge in [-0.05, 0) is 0 Å². The van der Waals surface area contributed by atoms with Crippen molar-refractivity contribution in [3.05, 3.63) is 0 Å². The van der Waals surface area contributed by atoms with Crippen LogP contribution in [0.5, 0.6) is 0 Å². The molecule has 0 aromatic heterocycles. The summed E-state index contributed by atoms with van der Waals surface area (Å²) in [5.74, 6) is 0. The van der Waals surface area contributed by atoms with Crippen molar-refractivity contribution in [2.75, 3.05) is 0 Å². The molecule has 0 nitrogen and oxygen atoms in total. The van der Waals surface area contributed by atoms with E-state index in [1.807, 2.05) is 0 Å². The third-order valence-electron chi connectivity index (χ3n) is 0. The summed E-state index contributed by atoms with van der Waals surface area (Å²) in [6, 6.07) is 0. The van der Waals surface area contributed by atoms with E-state index in [-0.39, 0.29) is 73.9 Å². The van der Waals surface area contributed by atoms with Crippen molar-refractivity contribution >= 4 is 24.4 Å². The molecule has 0 saturated carbocycles. The van der Waals surface area contributed by atoms with E-state index >= 15 is 0 Å². The zero-order valence-corrected chi connectivity index (χ0v) is 6.91. The van der Waals surface area contributed by atoms with Gasteiger partial charge in [0.25, 0.3) is 0 Å². The number of hydrogen-bond acceptors (Lipinski definition) is 0. The van der Waals surface area contributed by atoms with E-state index in [2.05, 4.69) is 0 Å². The maximum absolute atomic E-state index is 0. The third-order valence-corrected chi connectivity index (χ3v) is 0. The molecule has 0 fully saturated rings. The SMILES string of the molecule is [Ni].[Ni].[Ni].[Sb]. The minimum Gasteiger partial charge on any atom is 0 e. The maximum atomic E-state index is 0. The Labute approximate surface area is 73.1 Å². The van der Waals surface area contributed by atoms with Gasteiger partial charge >= 0.3 is 0 Å². The molecule has 0 unspecified atom stereocenters. The van der Waals surface area contributed by atoms with Crippen molar-refractivity contribution in [3.63, 3.8) is 0 Å². The van der Waals surface area contributed by atoms with Gasteiger partial charge in [-0.1, -0.05) is 0 Å². The van der Waals surface area contributed by atoms with E-state index in [0.717, 1.165) is 0 Å². The molecule has 4 heavy (non-hydrogen) atoms. The summed E-state index contributed by atoms with van der Waals surface area (Å²) in [4.78, 5) is 0. The van der Waals surface area contributed by atoms with Gasteiger partial charge in [0.05, 0.1) is 0 Å². The second-order valence-electron chi connectivity index (χ2n) is 0. The molecule has 0 N–H and O–H groups in total. The Kier molecular flexibility index (Phi) is 155. The molecule has 0 heterocycles. The van der Waals surface area contributed by atoms with Crippen LogP contribution in [0.4, 0.5) is 0 Å². The molecule has 0 bridgehead atoms. The van der Waals surface area contributed by atoms with Crippen molar-refractivity contribution in [1.82, 2.24) is 0 Å². The van der Waals surface area contributed by atoms with E-state index in [1.165, 1.54) is 0 Å². The Balaban J connectivity index is 0. The van der Waals surface area contributed by atoms with Crippen LogP contribution >= 0.6 is 0 Å². The summed E-state index contributed by atoms with van der Waals surface area (Å²) in [5.41, 5.74) is 0. The predicted octanol–water partition coefficient (Wildman–Crippen LogP) is -0.388. The molecule has 0 rings (SSSR count). The number of hydrogen-bond donors (Lipinski definition) is 0. The average Bonchev–Trinajstić information content (AvgIpc) is 0. The van der Waals surface area contributed by atoms with Crippen molar-refractivity contribution in [3.8, 4) is 0 Å². The fourth-order valence-corrected chi connectivity index (χ4v) is 0. The summed E-state index contributed by atoms with van der Waals surface area (Å²) in [6.07, 6.45) is 0. The summed E-state index contributed by atoms with van der Waals surface area (Å²) < 4.78 is 0. The van der Waals surface area contributed by atoms with Crippen LogP contribution < -0.4 is 0 Å². The minimum absolute atomic E-state index is 0. The molecular formula is Ni3Sb. The fourth-order valence-electron chi connectivity index (χ4n) is 0. The molecule has 0 spiro atoms. The van der Waals surface area contributed by atoms with Gasteiger partial charge in [0.15, 0.2) is 0 Å². The van der Waals surface area contributed by atoms with Gasteiger partial charge in [-0.15, -0.1) is 0 Å². The van der Waals surface area contributed by atoms with Crippen LogP contribution in [0.2, 0.25) is 0 Å². The van der Waals surface area contributed by atoms with Crippen LogP contribution in [0.1, 0.15) is 0 Å². The van der Waals surface area contributed by atoms with E-state index in [1.54, 1.807) is 0 Å². The molecule has 0 aliphatic carbocycles. The summed E-state index contributed by atoms with van der Waals surface area (Å²) in [6.45, 7) is 0. The van der Waals surface area contributed by atoms with Gasteiger partial charge < -0.3 is 0 Å². The Morgan fingerprint density at radius 2 is 0.500 bits per heavy atom. The fraction of sp³-hybridized carbons (Fsp3) is 0. The quantitative estimate of drug-likeness (QED) is 0.535. The predicted molar refractivity (Wildman–Crippen MR) is 5.75 cm³/mol. The standard InChI is InChI=1S/3Ni.Sb. The second-order valence-corrected chi connectivity index (χ2v) is 0. The van der Waals surface area contributed by atoms with Crippen molar-refractivity contribution in [1.29, 1.82) is 0 Å². The first-order chi connectivity index (χ1) is 0. The Morgan fingerprint density at radius 3 is 0.500 bits per heavy atom. The molecule has 0 aromatic rings. The summed E-state index contributed by atoms with van der Waals surface area (Å²) in [7, 11) is 0. The van der Waals surface area contributed by atoms with E-state index in [9.17, 15) is 0 Å². The minimum atomic E-state index is 0. The normalized spacial score (nSPS) is 0. The third kappa shape index (κ3) is 8.85. The van der Waals surface area contributed by atoms with Gasteiger partial charge in [-0.2, -0.15) is 0 Å². The first-order valence-electron chi connectivity index (χ1n) is 0. The van der Waals surface area contributed by atoms with Crippen LogP contribution in [0.15, 0.2) is 0 Å². The van der Waals surface area contributed by atoms with Crippen molar-refractivity contribution in [2.24, 2.45) is 0 Å².